The van der Waals surface area contributed by atoms with Crippen LogP contribution in [0.4, 0.5) is 0 Å². The first-order valence-corrected chi connectivity index (χ1v) is 5.88. The van der Waals surface area contributed by atoms with Crippen LogP contribution in [0.5, 0.6) is 0 Å². The second-order valence-corrected chi connectivity index (χ2v) is 5.17. The molecule has 1 rings (SSSR count). The molecule has 0 aliphatic heterocycles. The Morgan fingerprint density at radius 2 is 2.20 bits per heavy atom. The minimum atomic E-state index is -0.630. The molecule has 10 heavy (non-hydrogen) atoms. The van der Waals surface area contributed by atoms with Gasteiger partial charge < -0.3 is 0 Å². The average molecular weight is 257 g/mol. The maximum atomic E-state index is 8.98. The molecule has 3 atom stereocenters. The van der Waals surface area contributed by atoms with E-state index in [1.807, 2.05) is 0 Å². The van der Waals surface area contributed by atoms with Gasteiger partial charge in [0.25, 0.3) is 0 Å². The number of hydrogen-bond donors (Lipinski definition) is 2. The number of alkyl halides is 1. The van der Waals surface area contributed by atoms with E-state index in [1.54, 1.807) is 0 Å². The van der Waals surface area contributed by atoms with Gasteiger partial charge in [-0.2, -0.15) is 0 Å². The van der Waals surface area contributed by atoms with E-state index < -0.39 is 21.6 Å². The monoisotopic (exact) mass is 257 g/mol. The number of hydrogen-bond acceptors (Lipinski definition) is 2. The second-order valence-electron chi connectivity index (χ2n) is 3.01. The summed E-state index contributed by atoms with van der Waals surface area (Å²) in [6, 6.07) is 0. The zero-order valence-electron chi connectivity index (χ0n) is 6.13. The average Bonchev–Trinajstić information content (AvgIpc) is 2.30. The molecule has 1 saturated carbocycles. The molecule has 0 saturated heterocycles. The van der Waals surface area contributed by atoms with Crippen molar-refractivity contribution in [3.8, 4) is 0 Å². The molecule has 1 fully saturated rings. The first kappa shape index (κ1) is 8.74. The summed E-state index contributed by atoms with van der Waals surface area (Å²) in [7, 11) is 0. The third-order valence-corrected chi connectivity index (χ3v) is 4.69. The first-order chi connectivity index (χ1) is 4.79. The molecule has 1 aliphatic rings. The molecular weight excluding hydrogens is 243 g/mol. The van der Waals surface area contributed by atoms with E-state index in [0.29, 0.717) is 15.8 Å². The van der Waals surface area contributed by atoms with Gasteiger partial charge in [-0.25, -0.2) is 0 Å². The van der Waals surface area contributed by atoms with Gasteiger partial charge in [-0.15, -0.1) is 0 Å². The van der Waals surface area contributed by atoms with Crippen molar-refractivity contribution in [2.24, 2.45) is 11.8 Å². The van der Waals surface area contributed by atoms with Crippen LogP contribution in [0.25, 0.3) is 0 Å². The van der Waals surface area contributed by atoms with Gasteiger partial charge in [-0.05, 0) is 0 Å². The van der Waals surface area contributed by atoms with E-state index in [1.165, 1.54) is 6.42 Å². The van der Waals surface area contributed by atoms with E-state index in [2.05, 4.69) is 6.92 Å². The zero-order chi connectivity index (χ0) is 7.56. The normalized spacial score (nSPS) is 40.9. The zero-order valence-corrected chi connectivity index (χ0v) is 8.28. The van der Waals surface area contributed by atoms with Crippen LogP contribution in [0, 0.1) is 11.8 Å². The fourth-order valence-electron chi connectivity index (χ4n) is 1.62. The van der Waals surface area contributed by atoms with Crippen LogP contribution in [0.15, 0.2) is 0 Å². The summed E-state index contributed by atoms with van der Waals surface area (Å²) in [5.74, 6) is 1.03. The predicted octanol–water partition coefficient (Wildman–Crippen LogP) is -2.61. The fraction of sp³-hybridized carbons (Fsp3) is 1.00. The molecule has 1 aliphatic carbocycles. The summed E-state index contributed by atoms with van der Waals surface area (Å²) < 4.78 is 9.46. The summed E-state index contributed by atoms with van der Waals surface area (Å²) in [5, 5.41) is 8.94. The van der Waals surface area contributed by atoms with Gasteiger partial charge in [0, 0.05) is 0 Å². The van der Waals surface area contributed by atoms with Crippen molar-refractivity contribution in [3.63, 3.8) is 0 Å². The Balaban J connectivity index is 2.45. The Morgan fingerprint density at radius 1 is 1.50 bits per heavy atom. The van der Waals surface area contributed by atoms with Crippen molar-refractivity contribution in [2.45, 2.75) is 23.7 Å². The molecule has 0 bridgehead atoms. The van der Waals surface area contributed by atoms with Crippen molar-refractivity contribution in [2.75, 3.05) is 6.61 Å². The molecule has 3 heteroatoms. The quantitative estimate of drug-likeness (QED) is 0.420. The SMILES string of the molecule is CC1CCC([I-]O)[C@@H]1CO. The maximum absolute atomic E-state index is 8.98. The Hall–Kier alpha value is 0.650. The summed E-state index contributed by atoms with van der Waals surface area (Å²) in [6.45, 7) is 2.44. The molecule has 0 aromatic carbocycles. The van der Waals surface area contributed by atoms with E-state index >= 15 is 0 Å². The molecule has 0 heterocycles. The van der Waals surface area contributed by atoms with E-state index in [4.69, 9.17) is 8.54 Å². The molecule has 2 N–H and O–H groups in total. The van der Waals surface area contributed by atoms with Crippen LogP contribution in [-0.2, 0) is 0 Å². The van der Waals surface area contributed by atoms with E-state index in [-0.39, 0.29) is 6.61 Å². The van der Waals surface area contributed by atoms with Gasteiger partial charge in [0.05, 0.1) is 0 Å². The number of aliphatic hydroxyl groups excluding tert-OH is 1. The summed E-state index contributed by atoms with van der Waals surface area (Å²) in [5.41, 5.74) is 0. The third-order valence-electron chi connectivity index (χ3n) is 2.43. The topological polar surface area (TPSA) is 40.5 Å². The van der Waals surface area contributed by atoms with E-state index in [9.17, 15) is 0 Å². The molecule has 0 spiro atoms. The molecule has 2 unspecified atom stereocenters. The van der Waals surface area contributed by atoms with Crippen molar-refractivity contribution in [1.29, 1.82) is 0 Å². The van der Waals surface area contributed by atoms with Crippen molar-refractivity contribution < 1.29 is 30.2 Å². The summed E-state index contributed by atoms with van der Waals surface area (Å²) in [6.07, 6.45) is 2.33. The number of rotatable bonds is 2. The van der Waals surface area contributed by atoms with Crippen molar-refractivity contribution in [1.82, 2.24) is 0 Å². The molecule has 0 aromatic rings. The first-order valence-electron chi connectivity index (χ1n) is 3.67. The molecule has 0 amide bonds. The van der Waals surface area contributed by atoms with Crippen LogP contribution in [0.2, 0.25) is 0 Å². The summed E-state index contributed by atoms with van der Waals surface area (Å²) in [4.78, 5) is 0. The fourth-order valence-corrected chi connectivity index (χ4v) is 3.61. The van der Waals surface area contributed by atoms with Gasteiger partial charge in [0.2, 0.25) is 0 Å². The van der Waals surface area contributed by atoms with Crippen LogP contribution in [0.3, 0.4) is 0 Å². The van der Waals surface area contributed by atoms with Crippen molar-refractivity contribution in [3.05, 3.63) is 0 Å². The van der Waals surface area contributed by atoms with Crippen molar-refractivity contribution >= 4 is 0 Å². The van der Waals surface area contributed by atoms with Gasteiger partial charge >= 0.3 is 72.3 Å². The van der Waals surface area contributed by atoms with Crippen LogP contribution in [-0.4, -0.2) is 19.1 Å². The van der Waals surface area contributed by atoms with Crippen LogP contribution in [0.1, 0.15) is 19.8 Å². The van der Waals surface area contributed by atoms with Crippen LogP contribution < -0.4 is 21.6 Å². The Labute approximate surface area is 72.4 Å². The van der Waals surface area contributed by atoms with Gasteiger partial charge in [-0.1, -0.05) is 0 Å². The Bertz CT molecular complexity index is 108. The van der Waals surface area contributed by atoms with Gasteiger partial charge in [0.1, 0.15) is 0 Å². The minimum absolute atomic E-state index is 0.270. The molecule has 2 nitrogen and oxygen atoms in total. The van der Waals surface area contributed by atoms with Gasteiger partial charge in [-0.3, -0.25) is 0 Å². The third kappa shape index (κ3) is 1.62. The Morgan fingerprint density at radius 3 is 2.60 bits per heavy atom. The van der Waals surface area contributed by atoms with E-state index in [0.717, 1.165) is 6.42 Å². The molecule has 0 aromatic heterocycles. The summed E-state index contributed by atoms with van der Waals surface area (Å²) >= 11 is -0.630. The number of halogens is 1. The second kappa shape index (κ2) is 3.88. The predicted molar refractivity (Wildman–Crippen MR) is 35.0 cm³/mol. The molecular formula is C7H14IO2-. The number of aliphatic hydroxyl groups is 1. The van der Waals surface area contributed by atoms with Gasteiger partial charge in [0.15, 0.2) is 0 Å². The Kier molecular flexibility index (Phi) is 3.39. The van der Waals surface area contributed by atoms with Crippen LogP contribution >= 0.6 is 0 Å². The molecule has 62 valence electrons. The molecule has 0 radical (unpaired) electrons. The standard InChI is InChI=1S/C7H14IO2/c1-5-2-3-7(8-10)6(5)4-9/h5-7,9-10H,2-4H2,1H3/q-1/t5?,6-,7?/m1/s1.